The van der Waals surface area contributed by atoms with Gasteiger partial charge in [-0.2, -0.15) is 20.2 Å². The summed E-state index contributed by atoms with van der Waals surface area (Å²) in [5.74, 6) is 0.961. The molecule has 2 heterocycles. The van der Waals surface area contributed by atoms with Crippen molar-refractivity contribution in [3.8, 4) is 0 Å². The number of carbonyl (C=O) groups is 2. The molecule has 0 radical (unpaired) electrons. The first-order valence-corrected chi connectivity index (χ1v) is 15.2. The Labute approximate surface area is 228 Å². The van der Waals surface area contributed by atoms with Crippen LogP contribution in [-0.2, 0) is 33.3 Å². The van der Waals surface area contributed by atoms with Crippen LogP contribution >= 0.6 is 11.8 Å². The van der Waals surface area contributed by atoms with Gasteiger partial charge >= 0.3 is 16.1 Å². The Hall–Kier alpha value is -2.48. The molecule has 212 valence electrons. The van der Waals surface area contributed by atoms with Crippen LogP contribution in [0.5, 0.6) is 0 Å². The number of unbranched alkanes of at least 4 members (excludes halogenated alkanes) is 1. The highest BCUT2D eigenvalue weighted by Gasteiger charge is 2.42. The lowest BCUT2D eigenvalue weighted by molar-refractivity contribution is -0.121. The van der Waals surface area contributed by atoms with Crippen molar-refractivity contribution < 1.29 is 36.4 Å². The fourth-order valence-electron chi connectivity index (χ4n) is 4.02. The smallest absolute Gasteiger partial charge is 0.338 e. The molecule has 0 aromatic heterocycles. The number of fused-ring (bicyclic) bond motifs is 1. The van der Waals surface area contributed by atoms with Crippen LogP contribution in [0.3, 0.4) is 0 Å². The van der Waals surface area contributed by atoms with Crippen molar-refractivity contribution >= 4 is 33.8 Å². The minimum Gasteiger partial charge on any atom is -0.496 e. The first-order chi connectivity index (χ1) is 18.3. The van der Waals surface area contributed by atoms with Crippen molar-refractivity contribution in [2.45, 2.75) is 54.8 Å². The van der Waals surface area contributed by atoms with Crippen LogP contribution in [0.25, 0.3) is 0 Å². The predicted molar refractivity (Wildman–Crippen MR) is 143 cm³/mol. The molecule has 38 heavy (non-hydrogen) atoms. The molecule has 3 amide bonds. The number of rotatable bonds is 18. The number of hydrogen-bond acceptors (Lipinski definition) is 9. The van der Waals surface area contributed by atoms with E-state index in [9.17, 15) is 18.0 Å². The average Bonchev–Trinajstić information content (AvgIpc) is 3.44. The highest BCUT2D eigenvalue weighted by atomic mass is 32.2. The van der Waals surface area contributed by atoms with Gasteiger partial charge in [0.15, 0.2) is 0 Å². The Morgan fingerprint density at radius 1 is 1.05 bits per heavy atom. The van der Waals surface area contributed by atoms with Crippen molar-refractivity contribution in [1.29, 1.82) is 0 Å². The van der Waals surface area contributed by atoms with Gasteiger partial charge in [0.1, 0.15) is 24.0 Å². The molecule has 0 saturated carbocycles. The van der Waals surface area contributed by atoms with Crippen LogP contribution < -0.4 is 16.0 Å². The van der Waals surface area contributed by atoms with Crippen molar-refractivity contribution in [1.82, 2.24) is 16.0 Å². The van der Waals surface area contributed by atoms with E-state index in [0.29, 0.717) is 44.6 Å². The number of nitrogens with one attached hydrogen (secondary N) is 3. The van der Waals surface area contributed by atoms with Crippen LogP contribution in [0.2, 0.25) is 0 Å². The summed E-state index contributed by atoms with van der Waals surface area (Å²) in [7, 11) is -3.86. The fraction of sp³-hybridized carbons (Fsp3) is 0.600. The number of thioether (sulfide) groups is 1. The van der Waals surface area contributed by atoms with E-state index in [1.54, 1.807) is 12.1 Å². The number of aryl methyl sites for hydroxylation is 1. The number of urea groups is 1. The molecule has 0 aliphatic carbocycles. The van der Waals surface area contributed by atoms with Crippen LogP contribution in [0, 0.1) is 6.92 Å². The Balaban J connectivity index is 1.08. The van der Waals surface area contributed by atoms with Gasteiger partial charge in [0, 0.05) is 24.0 Å². The normalized spacial score (nSPS) is 20.7. The van der Waals surface area contributed by atoms with E-state index >= 15 is 0 Å². The molecule has 0 unspecified atom stereocenters. The standard InChI is InChI=1S/C25H37N3O8S2/c1-19-6-8-20(9-7-19)38(31,32)36-17-16-35-15-14-34-13-12-33-11-10-26-23(29)5-3-2-4-22-24-21(18-37-22)27-25(30)28-24/h6-9,16-17,21-22,24H,2-5,10-15,18H2,1H3,(H,26,29)(H2,27,28,30)/t21-,22-,24-/m0/s1. The summed E-state index contributed by atoms with van der Waals surface area (Å²) in [5.41, 5.74) is 0.954. The van der Waals surface area contributed by atoms with E-state index in [-0.39, 0.29) is 35.5 Å². The van der Waals surface area contributed by atoms with Gasteiger partial charge in [-0.05, 0) is 31.9 Å². The second-order valence-corrected chi connectivity index (χ2v) is 11.8. The second-order valence-electron chi connectivity index (χ2n) is 8.95. The van der Waals surface area contributed by atoms with Crippen LogP contribution in [0.4, 0.5) is 4.79 Å². The number of amides is 3. The maximum absolute atomic E-state index is 12.0. The molecule has 3 atom stereocenters. The molecule has 3 rings (SSSR count). The lowest BCUT2D eigenvalue weighted by Crippen LogP contribution is -2.36. The molecule has 2 aliphatic rings. The molecular formula is C25H37N3O8S2. The van der Waals surface area contributed by atoms with Gasteiger partial charge in [-0.15, -0.1) is 0 Å². The number of hydrogen-bond donors (Lipinski definition) is 3. The summed E-state index contributed by atoms with van der Waals surface area (Å²) in [5, 5.41) is 9.19. The zero-order valence-corrected chi connectivity index (χ0v) is 23.2. The maximum atomic E-state index is 12.0. The van der Waals surface area contributed by atoms with Gasteiger partial charge in [0.05, 0.1) is 38.5 Å². The summed E-state index contributed by atoms with van der Waals surface area (Å²) in [6, 6.07) is 6.72. The molecule has 2 aliphatic heterocycles. The maximum Gasteiger partial charge on any atom is 0.338 e. The first-order valence-electron chi connectivity index (χ1n) is 12.7. The number of carbonyl (C=O) groups excluding carboxylic acids is 2. The number of benzene rings is 1. The Morgan fingerprint density at radius 3 is 2.58 bits per heavy atom. The summed E-state index contributed by atoms with van der Waals surface area (Å²) < 4.78 is 44.7. The molecule has 1 aromatic carbocycles. The topological polar surface area (TPSA) is 141 Å². The van der Waals surface area contributed by atoms with E-state index in [1.165, 1.54) is 12.1 Å². The lowest BCUT2D eigenvalue weighted by atomic mass is 10.0. The van der Waals surface area contributed by atoms with Crippen LogP contribution in [-0.4, -0.2) is 83.0 Å². The Bertz CT molecular complexity index is 1020. The largest absolute Gasteiger partial charge is 0.496 e. The molecule has 11 nitrogen and oxygen atoms in total. The summed E-state index contributed by atoms with van der Waals surface area (Å²) >= 11 is 1.89. The van der Waals surface area contributed by atoms with E-state index in [2.05, 4.69) is 16.0 Å². The third-order valence-corrected chi connectivity index (χ3v) is 8.73. The van der Waals surface area contributed by atoms with E-state index in [4.69, 9.17) is 18.4 Å². The predicted octanol–water partition coefficient (Wildman–Crippen LogP) is 2.06. The van der Waals surface area contributed by atoms with E-state index in [1.807, 2.05) is 18.7 Å². The zero-order chi connectivity index (χ0) is 27.2. The lowest BCUT2D eigenvalue weighted by Gasteiger charge is -2.16. The van der Waals surface area contributed by atoms with Gasteiger partial charge < -0.3 is 34.3 Å². The van der Waals surface area contributed by atoms with Crippen molar-refractivity contribution in [2.75, 3.05) is 45.3 Å². The summed E-state index contributed by atoms with van der Waals surface area (Å²) in [6.45, 7) is 4.00. The van der Waals surface area contributed by atoms with Crippen molar-refractivity contribution in [3.63, 3.8) is 0 Å². The van der Waals surface area contributed by atoms with Gasteiger partial charge in [0.25, 0.3) is 0 Å². The average molecular weight is 572 g/mol. The zero-order valence-electron chi connectivity index (χ0n) is 21.6. The highest BCUT2D eigenvalue weighted by molar-refractivity contribution is 8.00. The van der Waals surface area contributed by atoms with Gasteiger partial charge in [-0.25, -0.2) is 4.79 Å². The first kappa shape index (κ1) is 30.1. The summed E-state index contributed by atoms with van der Waals surface area (Å²) in [6.07, 6.45) is 5.39. The molecule has 0 bridgehead atoms. The van der Waals surface area contributed by atoms with Crippen molar-refractivity contribution in [3.05, 3.63) is 42.4 Å². The van der Waals surface area contributed by atoms with Crippen molar-refractivity contribution in [2.24, 2.45) is 0 Å². The third-order valence-electron chi connectivity index (χ3n) is 6.01. The van der Waals surface area contributed by atoms with E-state index in [0.717, 1.165) is 43.1 Å². The minimum atomic E-state index is -3.86. The molecule has 2 fully saturated rings. The van der Waals surface area contributed by atoms with Crippen LogP contribution in [0.1, 0.15) is 31.2 Å². The van der Waals surface area contributed by atoms with Gasteiger partial charge in [-0.1, -0.05) is 24.1 Å². The van der Waals surface area contributed by atoms with Crippen LogP contribution in [0.15, 0.2) is 41.7 Å². The Morgan fingerprint density at radius 2 is 1.79 bits per heavy atom. The van der Waals surface area contributed by atoms with E-state index < -0.39 is 10.1 Å². The molecule has 13 heteroatoms. The van der Waals surface area contributed by atoms with Gasteiger partial charge in [-0.3, -0.25) is 4.79 Å². The fourth-order valence-corrected chi connectivity index (χ4v) is 6.33. The SMILES string of the molecule is Cc1ccc(S(=O)(=O)OC=COCCOCCOCCNC(=O)CCCC[C@@H]2SC[C@@H]3NC(=O)N[C@@H]32)cc1. The third kappa shape index (κ3) is 10.4. The molecule has 3 N–H and O–H groups in total. The molecule has 1 aromatic rings. The minimum absolute atomic E-state index is 0.0125. The van der Waals surface area contributed by atoms with Gasteiger partial charge in [0.2, 0.25) is 5.91 Å². The quantitative estimate of drug-likeness (QED) is 0.104. The summed E-state index contributed by atoms with van der Waals surface area (Å²) in [4.78, 5) is 23.5. The Kier molecular flexibility index (Phi) is 12.5. The molecule has 2 saturated heterocycles. The second kappa shape index (κ2) is 15.8. The molecule has 0 spiro atoms. The molecular weight excluding hydrogens is 534 g/mol. The highest BCUT2D eigenvalue weighted by Crippen LogP contribution is 2.33. The monoisotopic (exact) mass is 571 g/mol. The number of ether oxygens (including phenoxy) is 3.